The van der Waals surface area contributed by atoms with Crippen molar-refractivity contribution in [1.82, 2.24) is 14.7 Å². The molecule has 7 nitrogen and oxygen atoms in total. The van der Waals surface area contributed by atoms with E-state index in [1.54, 1.807) is 23.9 Å². The topological polar surface area (TPSA) is 56.3 Å². The van der Waals surface area contributed by atoms with Crippen LogP contribution in [0.1, 0.15) is 10.4 Å². The molecular weight excluding hydrogens is 320 g/mol. The highest BCUT2D eigenvalue weighted by atomic mass is 16.5. The fourth-order valence-corrected chi connectivity index (χ4v) is 3.29. The molecule has 136 valence electrons. The fourth-order valence-electron chi connectivity index (χ4n) is 3.29. The van der Waals surface area contributed by atoms with E-state index in [0.717, 1.165) is 24.3 Å². The molecule has 0 unspecified atom stereocenters. The lowest BCUT2D eigenvalue weighted by molar-refractivity contribution is 0.0650. The molecule has 0 aromatic heterocycles. The Labute approximate surface area is 148 Å². The summed E-state index contributed by atoms with van der Waals surface area (Å²) in [5, 5.41) is 0. The summed E-state index contributed by atoms with van der Waals surface area (Å²) in [6, 6.07) is 7.77. The number of ether oxygens (including phenoxy) is 1. The molecule has 0 saturated carbocycles. The van der Waals surface area contributed by atoms with Crippen molar-refractivity contribution in [3.05, 3.63) is 29.8 Å². The average molecular weight is 346 g/mol. The zero-order valence-electron chi connectivity index (χ0n) is 15.0. The number of nitrogens with zero attached hydrogens (tertiary/aromatic N) is 4. The molecule has 1 aromatic carbocycles. The molecule has 0 bridgehead atoms. The Morgan fingerprint density at radius 3 is 2.16 bits per heavy atom. The number of benzene rings is 1. The molecule has 2 fully saturated rings. The van der Waals surface area contributed by atoms with Crippen LogP contribution in [-0.4, -0.2) is 93.2 Å². The summed E-state index contributed by atoms with van der Waals surface area (Å²) >= 11 is 0. The number of amides is 3. The second kappa shape index (κ2) is 7.74. The van der Waals surface area contributed by atoms with Crippen LogP contribution in [0.25, 0.3) is 0 Å². The van der Waals surface area contributed by atoms with Gasteiger partial charge in [-0.2, -0.15) is 0 Å². The van der Waals surface area contributed by atoms with Gasteiger partial charge in [0.25, 0.3) is 5.91 Å². The number of carbonyl (C=O) groups excluding carboxylic acids is 2. The largest absolute Gasteiger partial charge is 0.378 e. The summed E-state index contributed by atoms with van der Waals surface area (Å²) in [7, 11) is 3.50. The maximum absolute atomic E-state index is 13.0. The molecule has 0 atom stereocenters. The van der Waals surface area contributed by atoms with Gasteiger partial charge in [-0.3, -0.25) is 4.79 Å². The van der Waals surface area contributed by atoms with Crippen LogP contribution in [0, 0.1) is 0 Å². The Morgan fingerprint density at radius 2 is 1.52 bits per heavy atom. The zero-order valence-corrected chi connectivity index (χ0v) is 15.0. The van der Waals surface area contributed by atoms with E-state index in [1.165, 1.54) is 0 Å². The van der Waals surface area contributed by atoms with E-state index in [1.807, 2.05) is 29.2 Å². The number of carbonyl (C=O) groups is 2. The lowest BCUT2D eigenvalue weighted by atomic mass is 10.1. The van der Waals surface area contributed by atoms with Gasteiger partial charge in [0.1, 0.15) is 0 Å². The lowest BCUT2D eigenvalue weighted by Gasteiger charge is -2.37. The van der Waals surface area contributed by atoms with Crippen molar-refractivity contribution in [2.75, 3.05) is 71.5 Å². The van der Waals surface area contributed by atoms with Gasteiger partial charge >= 0.3 is 6.03 Å². The van der Waals surface area contributed by atoms with Crippen LogP contribution in [0.2, 0.25) is 0 Å². The molecule has 7 heteroatoms. The molecule has 2 saturated heterocycles. The number of urea groups is 1. The van der Waals surface area contributed by atoms with Crippen molar-refractivity contribution in [3.8, 4) is 0 Å². The number of morpholine rings is 1. The van der Waals surface area contributed by atoms with Crippen LogP contribution in [0.5, 0.6) is 0 Å². The standard InChI is InChI=1S/C18H26N4O3/c1-19(2)18(24)22-9-7-21(8-10-22)17(23)15-5-3-4-6-16(15)20-11-13-25-14-12-20/h3-6H,7-14H2,1-2H3. The maximum Gasteiger partial charge on any atom is 0.319 e. The smallest absolute Gasteiger partial charge is 0.319 e. The molecule has 3 rings (SSSR count). The van der Waals surface area contributed by atoms with E-state index in [0.29, 0.717) is 39.4 Å². The van der Waals surface area contributed by atoms with Gasteiger partial charge in [0.2, 0.25) is 0 Å². The first-order chi connectivity index (χ1) is 12.1. The second-order valence-corrected chi connectivity index (χ2v) is 6.57. The summed E-state index contributed by atoms with van der Waals surface area (Å²) in [6.45, 7) is 5.25. The third-order valence-electron chi connectivity index (χ3n) is 4.71. The number of rotatable bonds is 2. The fraction of sp³-hybridized carbons (Fsp3) is 0.556. The summed E-state index contributed by atoms with van der Waals surface area (Å²) in [5.74, 6) is 0.0408. The molecule has 0 N–H and O–H groups in total. The summed E-state index contributed by atoms with van der Waals surface area (Å²) in [5.41, 5.74) is 1.71. The molecule has 0 spiro atoms. The predicted molar refractivity (Wildman–Crippen MR) is 96.0 cm³/mol. The first kappa shape index (κ1) is 17.5. The van der Waals surface area contributed by atoms with Gasteiger partial charge in [-0.25, -0.2) is 4.79 Å². The highest BCUT2D eigenvalue weighted by Crippen LogP contribution is 2.23. The molecule has 1 aromatic rings. The second-order valence-electron chi connectivity index (χ2n) is 6.57. The predicted octanol–water partition coefficient (Wildman–Crippen LogP) is 0.963. The highest BCUT2D eigenvalue weighted by molar-refractivity contribution is 6.00. The first-order valence-corrected chi connectivity index (χ1v) is 8.75. The molecule has 0 radical (unpaired) electrons. The Kier molecular flexibility index (Phi) is 5.43. The van der Waals surface area contributed by atoms with Crippen LogP contribution in [0.15, 0.2) is 24.3 Å². The number of piperazine rings is 1. The van der Waals surface area contributed by atoms with Gasteiger partial charge in [0.05, 0.1) is 18.8 Å². The monoisotopic (exact) mass is 346 g/mol. The van der Waals surface area contributed by atoms with E-state index >= 15 is 0 Å². The molecule has 2 aliphatic rings. The Morgan fingerprint density at radius 1 is 0.920 bits per heavy atom. The Bertz CT molecular complexity index is 621. The maximum atomic E-state index is 13.0. The zero-order chi connectivity index (χ0) is 17.8. The summed E-state index contributed by atoms with van der Waals surface area (Å²) in [6.07, 6.45) is 0. The highest BCUT2D eigenvalue weighted by Gasteiger charge is 2.27. The van der Waals surface area contributed by atoms with Gasteiger partial charge < -0.3 is 24.3 Å². The normalized spacial score (nSPS) is 18.2. The van der Waals surface area contributed by atoms with Gasteiger partial charge in [-0.05, 0) is 12.1 Å². The van der Waals surface area contributed by atoms with Crippen molar-refractivity contribution in [2.45, 2.75) is 0 Å². The van der Waals surface area contributed by atoms with Crippen LogP contribution < -0.4 is 4.90 Å². The van der Waals surface area contributed by atoms with Gasteiger partial charge in [0.15, 0.2) is 0 Å². The Hall–Kier alpha value is -2.28. The summed E-state index contributed by atoms with van der Waals surface area (Å²) < 4.78 is 5.41. The third kappa shape index (κ3) is 3.87. The van der Waals surface area contributed by atoms with Crippen molar-refractivity contribution in [2.24, 2.45) is 0 Å². The molecule has 3 amide bonds. The lowest BCUT2D eigenvalue weighted by Crippen LogP contribution is -2.53. The quantitative estimate of drug-likeness (QED) is 0.801. The minimum Gasteiger partial charge on any atom is -0.378 e. The average Bonchev–Trinajstić information content (AvgIpc) is 2.67. The van der Waals surface area contributed by atoms with Crippen molar-refractivity contribution in [1.29, 1.82) is 0 Å². The van der Waals surface area contributed by atoms with E-state index < -0.39 is 0 Å². The van der Waals surface area contributed by atoms with Gasteiger partial charge in [-0.1, -0.05) is 12.1 Å². The van der Waals surface area contributed by atoms with Crippen molar-refractivity contribution < 1.29 is 14.3 Å². The molecule has 25 heavy (non-hydrogen) atoms. The van der Waals surface area contributed by atoms with E-state index in [4.69, 9.17) is 4.74 Å². The van der Waals surface area contributed by atoms with Crippen LogP contribution in [-0.2, 0) is 4.74 Å². The van der Waals surface area contributed by atoms with Crippen molar-refractivity contribution in [3.63, 3.8) is 0 Å². The molecule has 2 aliphatic heterocycles. The number of hydrogen-bond acceptors (Lipinski definition) is 4. The number of para-hydroxylation sites is 1. The van der Waals surface area contributed by atoms with Gasteiger partial charge in [0, 0.05) is 59.1 Å². The van der Waals surface area contributed by atoms with Crippen LogP contribution in [0.3, 0.4) is 0 Å². The SMILES string of the molecule is CN(C)C(=O)N1CCN(C(=O)c2ccccc2N2CCOCC2)CC1. The number of anilines is 1. The van der Waals surface area contributed by atoms with Crippen LogP contribution in [0.4, 0.5) is 10.5 Å². The van der Waals surface area contributed by atoms with E-state index in [2.05, 4.69) is 4.90 Å². The first-order valence-electron chi connectivity index (χ1n) is 8.75. The van der Waals surface area contributed by atoms with E-state index in [-0.39, 0.29) is 11.9 Å². The number of hydrogen-bond donors (Lipinski definition) is 0. The van der Waals surface area contributed by atoms with Gasteiger partial charge in [-0.15, -0.1) is 0 Å². The minimum atomic E-state index is 0.000755. The minimum absolute atomic E-state index is 0.000755. The molecular formula is C18H26N4O3. The molecule has 2 heterocycles. The Balaban J connectivity index is 1.69. The summed E-state index contributed by atoms with van der Waals surface area (Å²) in [4.78, 5) is 32.5. The molecule has 0 aliphatic carbocycles. The third-order valence-corrected chi connectivity index (χ3v) is 4.71. The van der Waals surface area contributed by atoms with Crippen LogP contribution >= 0.6 is 0 Å². The van der Waals surface area contributed by atoms with E-state index in [9.17, 15) is 9.59 Å². The van der Waals surface area contributed by atoms with Crippen molar-refractivity contribution >= 4 is 17.6 Å².